The molecule has 0 amide bonds. The van der Waals surface area contributed by atoms with E-state index in [1.165, 1.54) is 25.7 Å². The average Bonchev–Trinajstić information content (AvgIpc) is 3.39. The van der Waals surface area contributed by atoms with Gasteiger partial charge in [-0.3, -0.25) is 9.78 Å². The van der Waals surface area contributed by atoms with Crippen LogP contribution in [-0.4, -0.2) is 50.2 Å². The zero-order valence-electron chi connectivity index (χ0n) is 20.5. The number of ether oxygens (including phenoxy) is 1. The Bertz CT molecular complexity index is 1070. The maximum absolute atomic E-state index is 13.6. The van der Waals surface area contributed by atoms with Crippen molar-refractivity contribution < 1.29 is 14.6 Å². The monoisotopic (exact) mass is 466 g/mol. The Morgan fingerprint density at radius 2 is 2.00 bits per heavy atom. The summed E-state index contributed by atoms with van der Waals surface area (Å²) in [5.74, 6) is 3.96. The Morgan fingerprint density at radius 1 is 1.15 bits per heavy atom. The van der Waals surface area contributed by atoms with E-state index in [0.29, 0.717) is 30.8 Å². The van der Waals surface area contributed by atoms with Crippen molar-refractivity contribution in [1.29, 1.82) is 0 Å². The smallest absolute Gasteiger partial charge is 0.157 e. The van der Waals surface area contributed by atoms with Crippen LogP contribution in [0.3, 0.4) is 0 Å². The molecule has 0 radical (unpaired) electrons. The Hall–Kier alpha value is -1.86. The number of Topliss-reactive ketones (excluding diaryl/α,β-unsaturated/α-hetero) is 1. The highest BCUT2D eigenvalue weighted by Crippen LogP contribution is 2.64. The van der Waals surface area contributed by atoms with Crippen LogP contribution in [0.2, 0.25) is 0 Å². The summed E-state index contributed by atoms with van der Waals surface area (Å²) in [5.41, 5.74) is 1.10. The molecule has 4 saturated carbocycles. The van der Waals surface area contributed by atoms with Crippen molar-refractivity contribution in [2.75, 3.05) is 13.7 Å². The molecule has 1 N–H and O–H groups in total. The van der Waals surface area contributed by atoms with E-state index in [0.717, 1.165) is 60.9 Å². The lowest BCUT2D eigenvalue weighted by molar-refractivity contribution is -0.136. The van der Waals surface area contributed by atoms with E-state index in [2.05, 4.69) is 22.2 Å². The molecule has 0 saturated heterocycles. The first-order valence-electron chi connectivity index (χ1n) is 13.3. The number of pyridine rings is 1. The number of methoxy groups -OCH3 is 1. The first-order valence-corrected chi connectivity index (χ1v) is 13.3. The summed E-state index contributed by atoms with van der Waals surface area (Å²) in [7, 11) is 1.70. The van der Waals surface area contributed by atoms with Crippen molar-refractivity contribution in [3.05, 3.63) is 18.5 Å². The fourth-order valence-corrected chi connectivity index (χ4v) is 9.08. The number of fused-ring (bicyclic) bond motifs is 6. The van der Waals surface area contributed by atoms with Gasteiger partial charge in [0.25, 0.3) is 0 Å². The van der Waals surface area contributed by atoms with E-state index in [9.17, 15) is 9.90 Å². The molecular weight excluding hydrogens is 428 g/mol. The van der Waals surface area contributed by atoms with Gasteiger partial charge in [-0.25, -0.2) is 4.68 Å². The van der Waals surface area contributed by atoms with Gasteiger partial charge in [-0.2, -0.15) is 0 Å². The van der Waals surface area contributed by atoms with Crippen molar-refractivity contribution in [1.82, 2.24) is 20.0 Å². The molecule has 184 valence electrons. The van der Waals surface area contributed by atoms with Crippen LogP contribution < -0.4 is 0 Å². The zero-order chi connectivity index (χ0) is 23.5. The van der Waals surface area contributed by atoms with Gasteiger partial charge in [-0.05, 0) is 98.9 Å². The minimum Gasteiger partial charge on any atom is -0.387 e. The lowest BCUT2D eigenvalue weighted by Crippen LogP contribution is -2.52. The van der Waals surface area contributed by atoms with Gasteiger partial charge in [-0.1, -0.05) is 12.1 Å². The highest BCUT2D eigenvalue weighted by Gasteiger charge is 2.59. The number of carbonyl (C=O) groups is 1. The van der Waals surface area contributed by atoms with Crippen molar-refractivity contribution in [2.24, 2.45) is 40.9 Å². The third-order valence-electron chi connectivity index (χ3n) is 10.5. The lowest BCUT2D eigenvalue weighted by Gasteiger charge is -2.57. The van der Waals surface area contributed by atoms with Crippen LogP contribution in [0.25, 0.3) is 11.0 Å². The minimum absolute atomic E-state index is 0.102. The zero-order valence-corrected chi connectivity index (χ0v) is 20.5. The Morgan fingerprint density at radius 3 is 2.85 bits per heavy atom. The van der Waals surface area contributed by atoms with Crippen molar-refractivity contribution in [3.8, 4) is 0 Å². The fourth-order valence-electron chi connectivity index (χ4n) is 9.08. The van der Waals surface area contributed by atoms with Crippen LogP contribution in [0.4, 0.5) is 0 Å². The molecule has 4 aliphatic carbocycles. The predicted molar refractivity (Wildman–Crippen MR) is 128 cm³/mol. The third kappa shape index (κ3) is 3.53. The van der Waals surface area contributed by atoms with Gasteiger partial charge in [0, 0.05) is 19.2 Å². The third-order valence-corrected chi connectivity index (χ3v) is 10.5. The fraction of sp³-hybridized carbons (Fsp3) is 0.778. The molecule has 8 atom stereocenters. The summed E-state index contributed by atoms with van der Waals surface area (Å²) in [4.78, 5) is 17.8. The maximum atomic E-state index is 13.6. The largest absolute Gasteiger partial charge is 0.387 e. The summed E-state index contributed by atoms with van der Waals surface area (Å²) >= 11 is 0. The Kier molecular flexibility index (Phi) is 5.56. The van der Waals surface area contributed by atoms with Gasteiger partial charge >= 0.3 is 0 Å². The number of nitrogens with zero attached hydrogens (tertiary/aromatic N) is 4. The highest BCUT2D eigenvalue weighted by atomic mass is 16.5. The van der Waals surface area contributed by atoms with Crippen molar-refractivity contribution >= 4 is 16.8 Å². The standard InChI is InChI=1S/C27H38N4O3/c1-26-10-7-19-18-8-11-27(33,16-34-2)13-17(18)3-4-20(19)21(26)5-6-22(26)25(32)15-31-24-14-28-12-9-23(24)29-30-31/h9,12,14,17-22,33H,3-8,10-11,13,15-16H2,1-2H3/t17-,18+,19-,20-,21+,22-,26+,27-/m1/s1. The summed E-state index contributed by atoms with van der Waals surface area (Å²) < 4.78 is 7.08. The normalized spacial score (nSPS) is 41.6. The molecule has 7 heteroatoms. The molecule has 34 heavy (non-hydrogen) atoms. The van der Waals surface area contributed by atoms with Crippen LogP contribution in [-0.2, 0) is 16.1 Å². The van der Waals surface area contributed by atoms with E-state index < -0.39 is 5.60 Å². The Labute approximate surface area is 201 Å². The van der Waals surface area contributed by atoms with Crippen LogP contribution in [0.5, 0.6) is 0 Å². The van der Waals surface area contributed by atoms with Gasteiger partial charge < -0.3 is 9.84 Å². The quantitative estimate of drug-likeness (QED) is 0.715. The summed E-state index contributed by atoms with van der Waals surface area (Å²) in [6.07, 6.45) is 13.4. The van der Waals surface area contributed by atoms with Crippen molar-refractivity contribution in [2.45, 2.75) is 76.9 Å². The number of carbonyl (C=O) groups excluding carboxylic acids is 1. The second-order valence-corrected chi connectivity index (χ2v) is 12.1. The van der Waals surface area contributed by atoms with Gasteiger partial charge in [0.1, 0.15) is 17.6 Å². The van der Waals surface area contributed by atoms with Crippen LogP contribution in [0.15, 0.2) is 18.5 Å². The second kappa shape index (κ2) is 8.37. The van der Waals surface area contributed by atoms with Crippen LogP contribution in [0, 0.1) is 40.9 Å². The minimum atomic E-state index is -0.627. The van der Waals surface area contributed by atoms with E-state index in [4.69, 9.17) is 4.74 Å². The Balaban J connectivity index is 1.17. The first-order chi connectivity index (χ1) is 16.4. The number of rotatable bonds is 5. The number of hydrogen-bond donors (Lipinski definition) is 1. The molecule has 2 heterocycles. The van der Waals surface area contributed by atoms with E-state index in [-0.39, 0.29) is 11.3 Å². The molecule has 2 aromatic rings. The molecule has 0 aliphatic heterocycles. The lowest BCUT2D eigenvalue weighted by atomic mass is 9.49. The van der Waals surface area contributed by atoms with E-state index >= 15 is 0 Å². The molecule has 0 spiro atoms. The topological polar surface area (TPSA) is 90.1 Å². The van der Waals surface area contributed by atoms with Gasteiger partial charge in [0.05, 0.1) is 18.4 Å². The molecule has 4 aliphatic rings. The SMILES string of the molecule is COC[C@@]1(O)CC[C@H]2[C@H](CC[C@@H]3[C@@H]2CC[C@]2(C)[C@@H](C(=O)Cn4nnc5ccncc54)CC[C@@H]32)C1. The maximum Gasteiger partial charge on any atom is 0.157 e. The molecule has 6 rings (SSSR count). The summed E-state index contributed by atoms with van der Waals surface area (Å²) in [6.45, 7) is 3.17. The van der Waals surface area contributed by atoms with Gasteiger partial charge in [0.15, 0.2) is 5.78 Å². The summed E-state index contributed by atoms with van der Waals surface area (Å²) in [5, 5.41) is 19.4. The summed E-state index contributed by atoms with van der Waals surface area (Å²) in [6, 6.07) is 1.84. The number of hydrogen-bond acceptors (Lipinski definition) is 6. The highest BCUT2D eigenvalue weighted by molar-refractivity contribution is 5.84. The number of ketones is 1. The molecule has 0 unspecified atom stereocenters. The first kappa shape index (κ1) is 22.6. The second-order valence-electron chi connectivity index (χ2n) is 12.1. The molecule has 2 aromatic heterocycles. The molecule has 0 bridgehead atoms. The van der Waals surface area contributed by atoms with Gasteiger partial charge in [-0.15, -0.1) is 5.10 Å². The molecule has 7 nitrogen and oxygen atoms in total. The van der Waals surface area contributed by atoms with Crippen LogP contribution >= 0.6 is 0 Å². The number of aromatic nitrogens is 4. The van der Waals surface area contributed by atoms with E-state index in [1.807, 2.05) is 6.07 Å². The molecule has 0 aromatic carbocycles. The van der Waals surface area contributed by atoms with Crippen LogP contribution in [0.1, 0.15) is 64.7 Å². The molecular formula is C27H38N4O3. The average molecular weight is 467 g/mol. The molecule has 4 fully saturated rings. The number of aliphatic hydroxyl groups is 1. The van der Waals surface area contributed by atoms with E-state index in [1.54, 1.807) is 24.2 Å². The van der Waals surface area contributed by atoms with Gasteiger partial charge in [0.2, 0.25) is 0 Å². The van der Waals surface area contributed by atoms with Crippen molar-refractivity contribution in [3.63, 3.8) is 0 Å². The predicted octanol–water partition coefficient (Wildman–Crippen LogP) is 4.04.